The standard InChI is InChI=1S/C24H30N4O7S.C17H25N3O5S.3H2O/c1-12-19-18(13(2)29)22(31)27(19)23(35-24(32)14-6-8-15(9-7-14)28(33)34)20(12)36-16-10-17(26(5)11-16)21(30)25(3)4;1-7-12-11(8(2)21)16(23)20(12)13(17(24)25)14(7)26-9-5-10(18-6-9)15(22)19(3)4;;;/h6-9,12-13,16-19,29H,10-11H2,1-5H3;7-12,18,21H,5-6H2,1-4H3,(H,24,25);3*1H2/t12-,13-,16+,17+,18-,19-;7-,8-,9+,10+,11-,12-;;;/m11.../s1. The zero-order valence-electron chi connectivity index (χ0n) is 37.6. The van der Waals surface area contributed by atoms with Gasteiger partial charge in [0.1, 0.15) is 5.70 Å². The van der Waals surface area contributed by atoms with Gasteiger partial charge in [0, 0.05) is 80.7 Å². The molecule has 4 saturated heterocycles. The maximum atomic E-state index is 13.0. The van der Waals surface area contributed by atoms with Crippen LogP contribution in [0.2, 0.25) is 0 Å². The molecule has 1 aromatic carbocycles. The van der Waals surface area contributed by atoms with Gasteiger partial charge in [0.25, 0.3) is 5.69 Å². The highest BCUT2D eigenvalue weighted by molar-refractivity contribution is 8.04. The molecule has 12 atom stereocenters. The first kappa shape index (κ1) is 54.7. The number of non-ortho nitro benzene ring substituents is 1. The lowest BCUT2D eigenvalue weighted by Crippen LogP contribution is -2.63. The summed E-state index contributed by atoms with van der Waals surface area (Å²) in [6.07, 6.45) is -0.433. The van der Waals surface area contributed by atoms with Crippen molar-refractivity contribution in [2.75, 3.05) is 48.3 Å². The summed E-state index contributed by atoms with van der Waals surface area (Å²) in [6, 6.07) is 3.89. The highest BCUT2D eigenvalue weighted by Crippen LogP contribution is 2.54. The van der Waals surface area contributed by atoms with Gasteiger partial charge >= 0.3 is 11.9 Å². The van der Waals surface area contributed by atoms with Crippen molar-refractivity contribution in [2.24, 2.45) is 23.7 Å². The number of rotatable bonds is 12. The van der Waals surface area contributed by atoms with E-state index in [9.17, 15) is 54.2 Å². The number of carbonyl (C=O) groups is 6. The predicted molar refractivity (Wildman–Crippen MR) is 239 cm³/mol. The van der Waals surface area contributed by atoms with Crippen LogP contribution >= 0.6 is 23.5 Å². The molecule has 22 nitrogen and oxygen atoms in total. The fraction of sp³-hybridized carbons (Fsp3) is 0.610. The number of likely N-dealkylation sites (tertiary alicyclic amines) is 1. The number of esters is 1. The van der Waals surface area contributed by atoms with Crippen molar-refractivity contribution in [2.45, 2.75) is 87.4 Å². The van der Waals surface area contributed by atoms with Crippen molar-refractivity contribution in [3.63, 3.8) is 0 Å². The number of amides is 4. The number of ether oxygens (including phenoxy) is 1. The summed E-state index contributed by atoms with van der Waals surface area (Å²) in [5, 5.41) is 43.9. The van der Waals surface area contributed by atoms with Crippen molar-refractivity contribution in [1.29, 1.82) is 0 Å². The molecule has 10 N–H and O–H groups in total. The van der Waals surface area contributed by atoms with Gasteiger partial charge in [-0.05, 0) is 45.9 Å². The van der Waals surface area contributed by atoms with Gasteiger partial charge in [-0.2, -0.15) is 0 Å². The van der Waals surface area contributed by atoms with Crippen LogP contribution in [-0.2, 0) is 28.7 Å². The minimum atomic E-state index is -1.12. The second-order valence-corrected chi connectivity index (χ2v) is 19.9. The quantitative estimate of drug-likeness (QED) is 0.0835. The van der Waals surface area contributed by atoms with E-state index in [1.54, 1.807) is 51.8 Å². The van der Waals surface area contributed by atoms with Gasteiger partial charge in [-0.1, -0.05) is 13.8 Å². The van der Waals surface area contributed by atoms with E-state index >= 15 is 0 Å². The first-order valence-corrected chi connectivity index (χ1v) is 22.2. The van der Waals surface area contributed by atoms with Gasteiger partial charge < -0.3 is 56.5 Å². The first-order valence-electron chi connectivity index (χ1n) is 20.5. The highest BCUT2D eigenvalue weighted by Gasteiger charge is 2.61. The van der Waals surface area contributed by atoms with E-state index < -0.39 is 40.9 Å². The Bertz CT molecular complexity index is 2080. The van der Waals surface area contributed by atoms with Crippen LogP contribution < -0.4 is 5.32 Å². The van der Waals surface area contributed by atoms with Crippen LogP contribution in [-0.4, -0.2) is 192 Å². The molecule has 0 saturated carbocycles. The summed E-state index contributed by atoms with van der Waals surface area (Å²) < 4.78 is 5.75. The number of benzene rings is 1. The number of thioether (sulfide) groups is 2. The molecule has 0 bridgehead atoms. The number of aliphatic carboxylic acids is 1. The molecular weight excluding hydrogens is 895 g/mol. The number of nitro benzene ring substituents is 1. The fourth-order valence-electron chi connectivity index (χ4n) is 9.34. The molecule has 362 valence electrons. The smallest absolute Gasteiger partial charge is 0.353 e. The van der Waals surface area contributed by atoms with E-state index in [4.69, 9.17) is 4.74 Å². The topological polar surface area (TPSA) is 338 Å². The number of nitro groups is 1. The number of carboxylic acid groups (broad SMARTS) is 1. The Balaban J connectivity index is 0.000000346. The summed E-state index contributed by atoms with van der Waals surface area (Å²) in [4.78, 5) is 94.4. The molecule has 4 fully saturated rings. The summed E-state index contributed by atoms with van der Waals surface area (Å²) in [7, 11) is 8.76. The molecular formula is C41H61N7O15S2. The maximum absolute atomic E-state index is 13.0. The van der Waals surface area contributed by atoms with Crippen LogP contribution in [0.15, 0.2) is 45.7 Å². The lowest BCUT2D eigenvalue weighted by Gasteiger charge is -2.46. The molecule has 65 heavy (non-hydrogen) atoms. The maximum Gasteiger partial charge on any atom is 0.353 e. The number of hydrogen-bond donors (Lipinski definition) is 4. The van der Waals surface area contributed by atoms with Crippen LogP contribution in [0.25, 0.3) is 0 Å². The largest absolute Gasteiger partial charge is 0.477 e. The van der Waals surface area contributed by atoms with Gasteiger partial charge in [-0.3, -0.25) is 39.1 Å². The molecule has 1 aromatic rings. The number of hydrogen-bond acceptors (Lipinski definition) is 15. The number of β-lactam (4-membered cyclic amide) rings is 2. The molecule has 7 rings (SSSR count). The van der Waals surface area contributed by atoms with Crippen LogP contribution in [0.3, 0.4) is 0 Å². The van der Waals surface area contributed by atoms with Gasteiger partial charge in [0.05, 0.1) is 63.6 Å². The number of carbonyl (C=O) groups excluding carboxylic acids is 5. The molecule has 24 heteroatoms. The van der Waals surface area contributed by atoms with E-state index in [0.717, 1.165) is 4.91 Å². The highest BCUT2D eigenvalue weighted by atomic mass is 32.2. The van der Waals surface area contributed by atoms with Gasteiger partial charge in [-0.15, -0.1) is 23.5 Å². The summed E-state index contributed by atoms with van der Waals surface area (Å²) in [5.74, 6) is -3.79. The lowest BCUT2D eigenvalue weighted by molar-refractivity contribution is -0.384. The molecule has 4 amide bonds. The lowest BCUT2D eigenvalue weighted by atomic mass is 9.79. The third kappa shape index (κ3) is 10.2. The molecule has 6 aliphatic rings. The van der Waals surface area contributed by atoms with Gasteiger partial charge in [-0.25, -0.2) is 9.59 Å². The van der Waals surface area contributed by atoms with Crippen LogP contribution in [0.1, 0.15) is 50.9 Å². The van der Waals surface area contributed by atoms with Crippen molar-refractivity contribution in [1.82, 2.24) is 29.8 Å². The number of aliphatic hydroxyl groups excluding tert-OH is 2. The fourth-order valence-corrected chi connectivity index (χ4v) is 12.4. The number of fused-ring (bicyclic) bond motifs is 2. The number of carboxylic acids is 1. The monoisotopic (exact) mass is 955 g/mol. The summed E-state index contributed by atoms with van der Waals surface area (Å²) >= 11 is 2.95. The van der Waals surface area contributed by atoms with Crippen molar-refractivity contribution < 1.29 is 70.2 Å². The average Bonchev–Trinajstić information content (AvgIpc) is 3.93. The van der Waals surface area contributed by atoms with E-state index in [-0.39, 0.29) is 109 Å². The summed E-state index contributed by atoms with van der Waals surface area (Å²) in [6.45, 7) is 8.24. The van der Waals surface area contributed by atoms with Crippen molar-refractivity contribution in [3.8, 4) is 0 Å². The molecule has 0 aliphatic carbocycles. The second kappa shape index (κ2) is 21.3. The third-order valence-corrected chi connectivity index (χ3v) is 15.5. The van der Waals surface area contributed by atoms with Crippen LogP contribution in [0, 0.1) is 33.8 Å². The average molecular weight is 956 g/mol. The van der Waals surface area contributed by atoms with E-state index in [0.29, 0.717) is 30.8 Å². The third-order valence-electron chi connectivity index (χ3n) is 12.5. The minimum Gasteiger partial charge on any atom is -0.477 e. The van der Waals surface area contributed by atoms with E-state index in [2.05, 4.69) is 5.32 Å². The first-order chi connectivity index (χ1) is 29.1. The zero-order chi connectivity index (χ0) is 45.8. The Morgan fingerprint density at radius 3 is 1.85 bits per heavy atom. The van der Waals surface area contributed by atoms with Gasteiger partial charge in [0.2, 0.25) is 29.5 Å². The molecule has 6 heterocycles. The Kier molecular flexibility index (Phi) is 17.9. The molecule has 0 radical (unpaired) electrons. The van der Waals surface area contributed by atoms with Crippen molar-refractivity contribution >= 4 is 64.8 Å². The number of aliphatic hydroxyl groups is 2. The van der Waals surface area contributed by atoms with E-state index in [1.165, 1.54) is 57.6 Å². The normalized spacial score (nSPS) is 29.6. The zero-order valence-corrected chi connectivity index (χ0v) is 39.2. The van der Waals surface area contributed by atoms with Crippen LogP contribution in [0.5, 0.6) is 0 Å². The van der Waals surface area contributed by atoms with Crippen molar-refractivity contribution in [3.05, 3.63) is 61.3 Å². The molecule has 0 aromatic heterocycles. The van der Waals surface area contributed by atoms with Crippen LogP contribution in [0.4, 0.5) is 5.69 Å². The Hall–Kier alpha value is -4.66. The number of likely N-dealkylation sites (N-methyl/N-ethyl adjacent to an activating group) is 3. The molecule has 6 aliphatic heterocycles. The minimum absolute atomic E-state index is 0. The number of nitrogens with one attached hydrogen (secondary N) is 1. The summed E-state index contributed by atoms with van der Waals surface area (Å²) in [5.41, 5.74) is 0.00377. The van der Waals surface area contributed by atoms with E-state index in [1.807, 2.05) is 25.8 Å². The molecule has 0 unspecified atom stereocenters. The second-order valence-electron chi connectivity index (χ2n) is 17.2. The predicted octanol–water partition coefficient (Wildman–Crippen LogP) is -1.11. The Morgan fingerprint density at radius 2 is 1.34 bits per heavy atom. The molecule has 0 spiro atoms. The Morgan fingerprint density at radius 1 is 0.831 bits per heavy atom. The Labute approximate surface area is 384 Å². The SMILES string of the molecule is C[C@@H](O)[C@H]1C(=O)N2C(C(=O)O)=C(S[C@@H]3CN[C@H](C(=O)N(C)C)C3)[C@H](C)[C@H]12.C[C@@H](O)[C@H]1C(=O)N2C(OC(=O)c3ccc([N+](=O)[O-])cc3)=C(S[C@H]3C[C@@H](C(=O)N(C)C)N(C)C3)[C@H](C)[C@H]12.O.O.O. The number of nitrogens with zero attached hydrogens (tertiary/aromatic N) is 6. The van der Waals surface area contributed by atoms with Gasteiger partial charge in [0.15, 0.2) is 0 Å².